The van der Waals surface area contributed by atoms with Crippen LogP contribution in [0.1, 0.15) is 30.1 Å². The van der Waals surface area contributed by atoms with Gasteiger partial charge in [0.05, 0.1) is 6.61 Å². The Bertz CT molecular complexity index is 626. The highest BCUT2D eigenvalue weighted by molar-refractivity contribution is 6.30. The number of amides is 1. The Morgan fingerprint density at radius 2 is 1.92 bits per heavy atom. The van der Waals surface area contributed by atoms with E-state index in [0.29, 0.717) is 23.4 Å². The molecule has 2 aliphatic heterocycles. The minimum atomic E-state index is -1.04. The fourth-order valence-electron chi connectivity index (χ4n) is 3.51. The highest BCUT2D eigenvalue weighted by Gasteiger charge is 2.53. The van der Waals surface area contributed by atoms with Gasteiger partial charge < -0.3 is 14.7 Å². The normalized spacial score (nSPS) is 23.6. The molecule has 130 valence electrons. The van der Waals surface area contributed by atoms with Crippen LogP contribution in [0.25, 0.3) is 0 Å². The van der Waals surface area contributed by atoms with E-state index in [1.165, 1.54) is 4.90 Å². The Labute approximate surface area is 145 Å². The molecule has 3 rings (SSSR count). The van der Waals surface area contributed by atoms with Crippen molar-refractivity contribution in [2.75, 3.05) is 26.2 Å². The fraction of sp³-hybridized carbons (Fsp3) is 0.529. The highest BCUT2D eigenvalue weighted by Crippen LogP contribution is 2.38. The summed E-state index contributed by atoms with van der Waals surface area (Å²) in [6.45, 7) is 4.62. The van der Waals surface area contributed by atoms with Crippen molar-refractivity contribution in [3.8, 4) is 0 Å². The van der Waals surface area contributed by atoms with Crippen molar-refractivity contribution in [2.45, 2.75) is 31.5 Å². The second-order valence-electron chi connectivity index (χ2n) is 6.23. The Balaban J connectivity index is 1.91. The smallest absolute Gasteiger partial charge is 0.328 e. The van der Waals surface area contributed by atoms with Crippen LogP contribution in [0.5, 0.6) is 0 Å². The lowest BCUT2D eigenvalue weighted by Crippen LogP contribution is -2.58. The van der Waals surface area contributed by atoms with Crippen LogP contribution in [-0.2, 0) is 9.53 Å². The van der Waals surface area contributed by atoms with E-state index in [0.717, 1.165) is 19.6 Å². The molecule has 0 bridgehead atoms. The van der Waals surface area contributed by atoms with Gasteiger partial charge in [-0.15, -0.1) is 0 Å². The molecule has 1 N–H and O–H groups in total. The second kappa shape index (κ2) is 6.70. The van der Waals surface area contributed by atoms with E-state index in [-0.39, 0.29) is 12.5 Å². The lowest BCUT2D eigenvalue weighted by Gasteiger charge is -2.44. The minimum absolute atomic E-state index is 0.0286. The van der Waals surface area contributed by atoms with Gasteiger partial charge in [0.15, 0.2) is 6.04 Å². The summed E-state index contributed by atoms with van der Waals surface area (Å²) in [7, 11) is 0. The Morgan fingerprint density at radius 1 is 1.29 bits per heavy atom. The average Bonchev–Trinajstić information content (AvgIpc) is 2.95. The first-order valence-electron chi connectivity index (χ1n) is 8.15. The van der Waals surface area contributed by atoms with Crippen LogP contribution in [-0.4, -0.2) is 64.8 Å². The van der Waals surface area contributed by atoms with Gasteiger partial charge in [-0.3, -0.25) is 9.69 Å². The monoisotopic (exact) mass is 352 g/mol. The summed E-state index contributed by atoms with van der Waals surface area (Å²) in [6, 6.07) is 5.55. The molecule has 1 aromatic rings. The van der Waals surface area contributed by atoms with Gasteiger partial charge in [0, 0.05) is 36.5 Å². The zero-order valence-electron chi connectivity index (χ0n) is 13.6. The summed E-state index contributed by atoms with van der Waals surface area (Å²) in [4.78, 5) is 28.4. The van der Waals surface area contributed by atoms with Gasteiger partial charge in [-0.25, -0.2) is 4.79 Å². The summed E-state index contributed by atoms with van der Waals surface area (Å²) in [6.07, 6.45) is 1.23. The van der Waals surface area contributed by atoms with Gasteiger partial charge >= 0.3 is 5.97 Å². The summed E-state index contributed by atoms with van der Waals surface area (Å²) < 4.78 is 5.90. The van der Waals surface area contributed by atoms with Crippen LogP contribution in [0.4, 0.5) is 0 Å². The lowest BCUT2D eigenvalue weighted by molar-refractivity contribution is -0.143. The second-order valence-corrected chi connectivity index (χ2v) is 6.66. The molecule has 1 spiro atoms. The van der Waals surface area contributed by atoms with E-state index in [9.17, 15) is 14.7 Å². The summed E-state index contributed by atoms with van der Waals surface area (Å²) in [5, 5.41) is 10.1. The first-order chi connectivity index (χ1) is 11.5. The summed E-state index contributed by atoms with van der Waals surface area (Å²) in [5.41, 5.74) is -0.403. The molecule has 1 amide bonds. The zero-order valence-corrected chi connectivity index (χ0v) is 14.3. The van der Waals surface area contributed by atoms with Crippen molar-refractivity contribution >= 4 is 23.5 Å². The van der Waals surface area contributed by atoms with Gasteiger partial charge in [0.25, 0.3) is 5.91 Å². The van der Waals surface area contributed by atoms with E-state index >= 15 is 0 Å². The Hall–Kier alpha value is -1.63. The van der Waals surface area contributed by atoms with Crippen LogP contribution in [0, 0.1) is 0 Å². The molecule has 24 heavy (non-hydrogen) atoms. The van der Waals surface area contributed by atoms with Gasteiger partial charge in [0.2, 0.25) is 0 Å². The number of hydrogen-bond donors (Lipinski definition) is 1. The standard InChI is InChI=1S/C17H21ClN2O4/c1-2-19-9-7-17(8-10-19)20(14(11-24-17)16(22)23)15(21)12-3-5-13(18)6-4-12/h3-6,14H,2,7-11H2,1H3,(H,22,23)/t14-/m0/s1. The number of aliphatic carboxylic acids is 1. The van der Waals surface area contributed by atoms with Crippen molar-refractivity contribution < 1.29 is 19.4 Å². The number of halogens is 1. The maximum Gasteiger partial charge on any atom is 0.328 e. The first-order valence-corrected chi connectivity index (χ1v) is 8.53. The van der Waals surface area contributed by atoms with E-state index in [1.54, 1.807) is 24.3 Å². The SMILES string of the molecule is CCN1CCC2(CC1)OC[C@@H](C(=O)O)N2C(=O)c1ccc(Cl)cc1. The van der Waals surface area contributed by atoms with Crippen LogP contribution < -0.4 is 0 Å². The largest absolute Gasteiger partial charge is 0.480 e. The van der Waals surface area contributed by atoms with Crippen LogP contribution >= 0.6 is 11.6 Å². The number of carbonyl (C=O) groups excluding carboxylic acids is 1. The molecule has 1 atom stereocenters. The molecule has 0 saturated carbocycles. The third-order valence-corrected chi connectivity index (χ3v) is 5.19. The number of hydrogen-bond acceptors (Lipinski definition) is 4. The first kappa shape index (κ1) is 17.2. The maximum atomic E-state index is 13.0. The van der Waals surface area contributed by atoms with Crippen molar-refractivity contribution in [1.29, 1.82) is 0 Å². The molecule has 2 heterocycles. The lowest BCUT2D eigenvalue weighted by atomic mass is 9.97. The zero-order chi connectivity index (χ0) is 17.3. The molecular formula is C17H21ClN2O4. The number of benzene rings is 1. The summed E-state index contributed by atoms with van der Waals surface area (Å²) in [5.74, 6) is -1.35. The van der Waals surface area contributed by atoms with Gasteiger partial charge in [-0.05, 0) is 30.8 Å². The minimum Gasteiger partial charge on any atom is -0.480 e. The number of carboxylic acid groups (broad SMARTS) is 1. The fourth-order valence-corrected chi connectivity index (χ4v) is 3.63. The predicted octanol–water partition coefficient (Wildman–Crippen LogP) is 2.08. The number of ether oxygens (including phenoxy) is 1. The number of rotatable bonds is 3. The average molecular weight is 353 g/mol. The molecule has 0 unspecified atom stereocenters. The van der Waals surface area contributed by atoms with Crippen molar-refractivity contribution in [3.05, 3.63) is 34.9 Å². The topological polar surface area (TPSA) is 70.1 Å². The molecule has 7 heteroatoms. The number of likely N-dealkylation sites (tertiary alicyclic amines) is 1. The maximum absolute atomic E-state index is 13.0. The Morgan fingerprint density at radius 3 is 2.46 bits per heavy atom. The molecule has 1 aromatic carbocycles. The van der Waals surface area contributed by atoms with Crippen LogP contribution in [0.15, 0.2) is 24.3 Å². The van der Waals surface area contributed by atoms with E-state index in [4.69, 9.17) is 16.3 Å². The van der Waals surface area contributed by atoms with E-state index < -0.39 is 17.7 Å². The van der Waals surface area contributed by atoms with Gasteiger partial charge in [-0.1, -0.05) is 18.5 Å². The molecule has 0 aromatic heterocycles. The quantitative estimate of drug-likeness (QED) is 0.901. The number of carboxylic acids is 1. The van der Waals surface area contributed by atoms with Gasteiger partial charge in [0.1, 0.15) is 5.72 Å². The van der Waals surface area contributed by atoms with Gasteiger partial charge in [-0.2, -0.15) is 0 Å². The molecule has 0 aliphatic carbocycles. The number of piperidine rings is 1. The van der Waals surface area contributed by atoms with Crippen molar-refractivity contribution in [2.24, 2.45) is 0 Å². The van der Waals surface area contributed by atoms with Crippen molar-refractivity contribution in [3.63, 3.8) is 0 Å². The molecule has 0 radical (unpaired) electrons. The van der Waals surface area contributed by atoms with E-state index in [2.05, 4.69) is 11.8 Å². The Kier molecular flexibility index (Phi) is 4.80. The van der Waals surface area contributed by atoms with E-state index in [1.807, 2.05) is 0 Å². The molecular weight excluding hydrogens is 332 g/mol. The molecule has 2 aliphatic rings. The third-order valence-electron chi connectivity index (χ3n) is 4.94. The third kappa shape index (κ3) is 3.01. The molecule has 2 saturated heterocycles. The highest BCUT2D eigenvalue weighted by atomic mass is 35.5. The van der Waals surface area contributed by atoms with Crippen LogP contribution in [0.3, 0.4) is 0 Å². The molecule has 6 nitrogen and oxygen atoms in total. The van der Waals surface area contributed by atoms with Crippen LogP contribution in [0.2, 0.25) is 5.02 Å². The van der Waals surface area contributed by atoms with Crippen molar-refractivity contribution in [1.82, 2.24) is 9.80 Å². The number of carbonyl (C=O) groups is 2. The molecule has 2 fully saturated rings. The number of nitrogens with zero attached hydrogens (tertiary/aromatic N) is 2. The summed E-state index contributed by atoms with van der Waals surface area (Å²) >= 11 is 5.88. The predicted molar refractivity (Wildman–Crippen MR) is 89.1 cm³/mol.